The third-order valence-corrected chi connectivity index (χ3v) is 3.55. The molecule has 1 aromatic rings. The van der Waals surface area contributed by atoms with Crippen LogP contribution in [0.2, 0.25) is 0 Å². The zero-order valence-electron chi connectivity index (χ0n) is 11.3. The number of aromatic nitrogens is 1. The monoisotopic (exact) mass is 249 g/mol. The van der Waals surface area contributed by atoms with E-state index in [1.165, 1.54) is 0 Å². The number of hydrogen-bond donors (Lipinski definition) is 1. The summed E-state index contributed by atoms with van der Waals surface area (Å²) in [6.45, 7) is 4.83. The van der Waals surface area contributed by atoms with Gasteiger partial charge in [-0.3, -0.25) is 4.98 Å². The lowest BCUT2D eigenvalue weighted by atomic mass is 10.00. The Morgan fingerprint density at radius 2 is 2.17 bits per heavy atom. The predicted octanol–water partition coefficient (Wildman–Crippen LogP) is 1.96. The first kappa shape index (κ1) is 13.3. The Hall–Kier alpha value is -1.13. The number of ether oxygens (including phenoxy) is 1. The predicted molar refractivity (Wildman–Crippen MR) is 73.7 cm³/mol. The van der Waals surface area contributed by atoms with E-state index in [9.17, 15) is 0 Å². The summed E-state index contributed by atoms with van der Waals surface area (Å²) in [7, 11) is 2.12. The average Bonchev–Trinajstić information content (AvgIpc) is 2.40. The van der Waals surface area contributed by atoms with Crippen molar-refractivity contribution in [2.75, 3.05) is 31.7 Å². The van der Waals surface area contributed by atoms with Crippen molar-refractivity contribution in [1.82, 2.24) is 4.98 Å². The molecular weight excluding hydrogens is 226 g/mol. The van der Waals surface area contributed by atoms with Gasteiger partial charge in [-0.2, -0.15) is 0 Å². The van der Waals surface area contributed by atoms with Crippen LogP contribution in [0.1, 0.15) is 31.5 Å². The largest absolute Gasteiger partial charge is 0.381 e. The lowest BCUT2D eigenvalue weighted by Gasteiger charge is -2.28. The van der Waals surface area contributed by atoms with Gasteiger partial charge in [0.2, 0.25) is 0 Å². The second kappa shape index (κ2) is 6.16. The summed E-state index contributed by atoms with van der Waals surface area (Å²) < 4.78 is 5.38. The maximum Gasteiger partial charge on any atom is 0.0569 e. The molecule has 1 fully saturated rings. The van der Waals surface area contributed by atoms with Gasteiger partial charge in [-0.25, -0.2) is 0 Å². The fourth-order valence-corrected chi connectivity index (χ4v) is 2.31. The highest BCUT2D eigenvalue weighted by Crippen LogP contribution is 2.20. The van der Waals surface area contributed by atoms with Gasteiger partial charge >= 0.3 is 0 Å². The zero-order chi connectivity index (χ0) is 13.0. The Kier molecular flexibility index (Phi) is 4.55. The van der Waals surface area contributed by atoms with Crippen LogP contribution in [0.3, 0.4) is 0 Å². The van der Waals surface area contributed by atoms with Crippen LogP contribution in [-0.2, 0) is 4.74 Å². The number of hydrogen-bond acceptors (Lipinski definition) is 4. The first-order valence-corrected chi connectivity index (χ1v) is 6.67. The molecule has 1 aliphatic rings. The highest BCUT2D eigenvalue weighted by molar-refractivity contribution is 5.43. The number of nitrogens with zero attached hydrogens (tertiary/aromatic N) is 2. The molecule has 0 aliphatic carbocycles. The van der Waals surface area contributed by atoms with Crippen molar-refractivity contribution in [3.8, 4) is 0 Å². The smallest absolute Gasteiger partial charge is 0.0569 e. The summed E-state index contributed by atoms with van der Waals surface area (Å²) in [5.74, 6) is 0.733. The molecule has 0 amide bonds. The van der Waals surface area contributed by atoms with Gasteiger partial charge in [-0.15, -0.1) is 0 Å². The van der Waals surface area contributed by atoms with Gasteiger partial charge in [0, 0.05) is 32.8 Å². The lowest BCUT2D eigenvalue weighted by molar-refractivity contribution is 0.0685. The Labute approximate surface area is 109 Å². The van der Waals surface area contributed by atoms with Crippen LogP contribution >= 0.6 is 0 Å². The van der Waals surface area contributed by atoms with Crippen LogP contribution < -0.4 is 10.6 Å². The van der Waals surface area contributed by atoms with Crippen LogP contribution in [0.4, 0.5) is 5.69 Å². The van der Waals surface area contributed by atoms with Crippen molar-refractivity contribution < 1.29 is 4.74 Å². The molecule has 0 bridgehead atoms. The average molecular weight is 249 g/mol. The molecule has 1 saturated heterocycles. The topological polar surface area (TPSA) is 51.4 Å². The minimum Gasteiger partial charge on any atom is -0.381 e. The van der Waals surface area contributed by atoms with E-state index in [0.717, 1.165) is 49.9 Å². The van der Waals surface area contributed by atoms with E-state index in [-0.39, 0.29) is 6.04 Å². The number of nitrogens with two attached hydrogens (primary N) is 1. The fourth-order valence-electron chi connectivity index (χ4n) is 2.31. The molecule has 0 radical (unpaired) electrons. The Morgan fingerprint density at radius 3 is 2.72 bits per heavy atom. The molecular formula is C14H23N3O. The second-order valence-electron chi connectivity index (χ2n) is 5.17. The SMILES string of the molecule is C[C@H](N)c1ccc(N(C)CC2CCOCC2)cn1. The van der Waals surface area contributed by atoms with Gasteiger partial charge in [0.25, 0.3) is 0 Å². The highest BCUT2D eigenvalue weighted by atomic mass is 16.5. The lowest BCUT2D eigenvalue weighted by Crippen LogP contribution is -2.29. The van der Waals surface area contributed by atoms with Gasteiger partial charge in [0.05, 0.1) is 17.6 Å². The van der Waals surface area contributed by atoms with Crippen LogP contribution in [0.15, 0.2) is 18.3 Å². The Bertz CT molecular complexity index is 358. The third kappa shape index (κ3) is 3.43. The third-order valence-electron chi connectivity index (χ3n) is 3.55. The van der Waals surface area contributed by atoms with Gasteiger partial charge in [-0.1, -0.05) is 0 Å². The van der Waals surface area contributed by atoms with E-state index in [4.69, 9.17) is 10.5 Å². The Morgan fingerprint density at radius 1 is 1.44 bits per heavy atom. The molecule has 1 aliphatic heterocycles. The molecule has 100 valence electrons. The molecule has 2 heterocycles. The molecule has 1 atom stereocenters. The van der Waals surface area contributed by atoms with E-state index in [0.29, 0.717) is 0 Å². The summed E-state index contributed by atoms with van der Waals surface area (Å²) in [6, 6.07) is 4.12. The van der Waals surface area contributed by atoms with E-state index < -0.39 is 0 Å². The van der Waals surface area contributed by atoms with Crippen molar-refractivity contribution in [1.29, 1.82) is 0 Å². The summed E-state index contributed by atoms with van der Waals surface area (Å²) in [6.07, 6.45) is 4.24. The first-order valence-electron chi connectivity index (χ1n) is 6.67. The molecule has 1 aromatic heterocycles. The minimum absolute atomic E-state index is 0.000139. The van der Waals surface area contributed by atoms with E-state index >= 15 is 0 Å². The van der Waals surface area contributed by atoms with Crippen molar-refractivity contribution >= 4 is 5.69 Å². The maximum atomic E-state index is 5.80. The molecule has 18 heavy (non-hydrogen) atoms. The summed E-state index contributed by atoms with van der Waals surface area (Å²) in [5.41, 5.74) is 7.90. The quantitative estimate of drug-likeness (QED) is 0.886. The molecule has 2 rings (SSSR count). The van der Waals surface area contributed by atoms with Crippen molar-refractivity contribution in [3.63, 3.8) is 0 Å². The van der Waals surface area contributed by atoms with Gasteiger partial charge in [0.1, 0.15) is 0 Å². The molecule has 2 N–H and O–H groups in total. The van der Waals surface area contributed by atoms with E-state index in [2.05, 4.69) is 23.0 Å². The summed E-state index contributed by atoms with van der Waals surface area (Å²) >= 11 is 0. The summed E-state index contributed by atoms with van der Waals surface area (Å²) in [4.78, 5) is 6.67. The normalized spacial score (nSPS) is 18.6. The number of rotatable bonds is 4. The van der Waals surface area contributed by atoms with Crippen LogP contribution in [0.5, 0.6) is 0 Å². The van der Waals surface area contributed by atoms with Crippen molar-refractivity contribution in [2.24, 2.45) is 11.7 Å². The first-order chi connectivity index (χ1) is 8.66. The van der Waals surface area contributed by atoms with Crippen LogP contribution in [0.25, 0.3) is 0 Å². The number of anilines is 1. The van der Waals surface area contributed by atoms with E-state index in [1.807, 2.05) is 19.2 Å². The van der Waals surface area contributed by atoms with Crippen LogP contribution in [-0.4, -0.2) is 31.8 Å². The fraction of sp³-hybridized carbons (Fsp3) is 0.643. The summed E-state index contributed by atoms with van der Waals surface area (Å²) in [5, 5.41) is 0. The van der Waals surface area contributed by atoms with E-state index in [1.54, 1.807) is 0 Å². The van der Waals surface area contributed by atoms with Crippen LogP contribution in [0, 0.1) is 5.92 Å². The Balaban J connectivity index is 1.93. The zero-order valence-corrected chi connectivity index (χ0v) is 11.3. The second-order valence-corrected chi connectivity index (χ2v) is 5.17. The van der Waals surface area contributed by atoms with Crippen molar-refractivity contribution in [2.45, 2.75) is 25.8 Å². The van der Waals surface area contributed by atoms with Gasteiger partial charge < -0.3 is 15.4 Å². The molecule has 0 aromatic carbocycles. The van der Waals surface area contributed by atoms with Gasteiger partial charge in [0.15, 0.2) is 0 Å². The molecule has 4 heteroatoms. The minimum atomic E-state index is -0.000139. The highest BCUT2D eigenvalue weighted by Gasteiger charge is 2.16. The van der Waals surface area contributed by atoms with Crippen molar-refractivity contribution in [3.05, 3.63) is 24.0 Å². The van der Waals surface area contributed by atoms with Gasteiger partial charge in [-0.05, 0) is 37.8 Å². The standard InChI is InChI=1S/C14H23N3O/c1-11(15)14-4-3-13(9-16-14)17(2)10-12-5-7-18-8-6-12/h3-4,9,11-12H,5-8,10,15H2,1-2H3/t11-/m0/s1. The maximum absolute atomic E-state index is 5.80. The molecule has 4 nitrogen and oxygen atoms in total. The molecule has 0 unspecified atom stereocenters. The molecule has 0 spiro atoms. The number of pyridine rings is 1. The molecule has 0 saturated carbocycles.